The molecule has 0 saturated heterocycles. The van der Waals surface area contributed by atoms with Crippen LogP contribution in [-0.2, 0) is 0 Å². The molecule has 0 spiro atoms. The molecule has 0 aromatic heterocycles. The maximum absolute atomic E-state index is 9.51. The van der Waals surface area contributed by atoms with Gasteiger partial charge in [0, 0.05) is 19.6 Å². The second-order valence-electron chi connectivity index (χ2n) is 4.89. The van der Waals surface area contributed by atoms with Crippen LogP contribution in [0.4, 0.5) is 0 Å². The van der Waals surface area contributed by atoms with E-state index < -0.39 is 0 Å². The fraction of sp³-hybridized carbons (Fsp3) is 0.625. The molecule has 0 aliphatic carbocycles. The molecule has 1 rings (SSSR count). The average molecular weight is 281 g/mol. The van der Waals surface area contributed by atoms with Crippen molar-refractivity contribution in [1.29, 1.82) is 0 Å². The number of aryl methyl sites for hydroxylation is 1. The van der Waals surface area contributed by atoms with Crippen molar-refractivity contribution in [2.45, 2.75) is 32.8 Å². The lowest BCUT2D eigenvalue weighted by Gasteiger charge is -2.23. The van der Waals surface area contributed by atoms with Crippen LogP contribution in [0.15, 0.2) is 30.3 Å². The third-order valence-electron chi connectivity index (χ3n) is 2.91. The van der Waals surface area contributed by atoms with E-state index in [2.05, 4.69) is 36.7 Å². The minimum absolute atomic E-state index is 0.297. The largest absolute Gasteiger partial charge is 0.390 e. The van der Waals surface area contributed by atoms with Gasteiger partial charge in [0.15, 0.2) is 0 Å². The molecule has 0 aliphatic rings. The Morgan fingerprint density at radius 2 is 1.85 bits per heavy atom. The van der Waals surface area contributed by atoms with Crippen LogP contribution in [-0.4, -0.2) is 49.9 Å². The minimum atomic E-state index is -0.297. The van der Waals surface area contributed by atoms with Crippen LogP contribution >= 0.6 is 0 Å². The van der Waals surface area contributed by atoms with E-state index in [1.807, 2.05) is 37.3 Å². The quantitative estimate of drug-likeness (QED) is 0.636. The molecule has 116 valence electrons. The van der Waals surface area contributed by atoms with Crippen molar-refractivity contribution in [2.24, 2.45) is 0 Å². The second kappa shape index (κ2) is 13.1. The molecule has 4 heteroatoms. The van der Waals surface area contributed by atoms with Gasteiger partial charge in [-0.2, -0.15) is 0 Å². The molecule has 1 aromatic rings. The summed E-state index contributed by atoms with van der Waals surface area (Å²) in [5.41, 5.74) is 4.39. The zero-order valence-corrected chi connectivity index (χ0v) is 13.4. The minimum Gasteiger partial charge on any atom is -0.390 e. The molecule has 4 nitrogen and oxygen atoms in total. The third-order valence-corrected chi connectivity index (χ3v) is 2.91. The van der Waals surface area contributed by atoms with Crippen LogP contribution in [0.25, 0.3) is 0 Å². The number of hydrogen-bond acceptors (Lipinski definition) is 4. The highest BCUT2D eigenvalue weighted by atomic mass is 16.3. The standard InChI is InChI=1S/C9H23N3O.C7H8/c1-4-5-6-12(11-3)8-9(13)7-10-2;1-7-5-3-2-4-6-7/h9-11,13H,4-8H2,1-3H3;2-6H,1H3/t9-;/m1./s1. The number of aliphatic hydroxyl groups is 1. The first-order valence-electron chi connectivity index (χ1n) is 7.40. The number of nitrogens with one attached hydrogen (secondary N) is 2. The van der Waals surface area contributed by atoms with E-state index in [-0.39, 0.29) is 6.10 Å². The molecule has 0 radical (unpaired) electrons. The molecular weight excluding hydrogens is 250 g/mol. The number of aliphatic hydroxyl groups excluding tert-OH is 1. The first-order chi connectivity index (χ1) is 9.63. The Kier molecular flexibility index (Phi) is 12.4. The monoisotopic (exact) mass is 281 g/mol. The van der Waals surface area contributed by atoms with Crippen molar-refractivity contribution in [2.75, 3.05) is 33.7 Å². The second-order valence-corrected chi connectivity index (χ2v) is 4.89. The van der Waals surface area contributed by atoms with E-state index in [0.29, 0.717) is 13.1 Å². The van der Waals surface area contributed by atoms with Gasteiger partial charge in [-0.05, 0) is 27.4 Å². The number of unbranched alkanes of at least 4 members (excludes halogenated alkanes) is 1. The van der Waals surface area contributed by atoms with Crippen LogP contribution in [0.3, 0.4) is 0 Å². The summed E-state index contributed by atoms with van der Waals surface area (Å²) >= 11 is 0. The van der Waals surface area contributed by atoms with Gasteiger partial charge in [-0.3, -0.25) is 5.43 Å². The summed E-state index contributed by atoms with van der Waals surface area (Å²) in [5.74, 6) is 0. The van der Waals surface area contributed by atoms with Gasteiger partial charge in [0.25, 0.3) is 0 Å². The average Bonchev–Trinajstić information content (AvgIpc) is 2.45. The normalized spacial score (nSPS) is 11.9. The molecule has 20 heavy (non-hydrogen) atoms. The Hall–Kier alpha value is -0.940. The maximum Gasteiger partial charge on any atom is 0.0805 e. The Balaban J connectivity index is 0.000000428. The van der Waals surface area contributed by atoms with Crippen molar-refractivity contribution >= 4 is 0 Å². The van der Waals surface area contributed by atoms with E-state index in [1.165, 1.54) is 12.0 Å². The molecule has 0 aliphatic heterocycles. The lowest BCUT2D eigenvalue weighted by Crippen LogP contribution is -2.43. The molecule has 0 fully saturated rings. The summed E-state index contributed by atoms with van der Waals surface area (Å²) in [5, 5.41) is 14.5. The Morgan fingerprint density at radius 1 is 1.20 bits per heavy atom. The first-order valence-corrected chi connectivity index (χ1v) is 7.40. The van der Waals surface area contributed by atoms with Gasteiger partial charge in [-0.1, -0.05) is 49.2 Å². The number of rotatable bonds is 8. The van der Waals surface area contributed by atoms with Gasteiger partial charge >= 0.3 is 0 Å². The highest BCUT2D eigenvalue weighted by molar-refractivity contribution is 5.11. The molecule has 3 N–H and O–H groups in total. The number of benzene rings is 1. The topological polar surface area (TPSA) is 47.5 Å². The van der Waals surface area contributed by atoms with Gasteiger partial charge in [-0.25, -0.2) is 5.01 Å². The highest BCUT2D eigenvalue weighted by Crippen LogP contribution is 1.93. The fourth-order valence-electron chi connectivity index (χ4n) is 1.73. The van der Waals surface area contributed by atoms with Crippen molar-refractivity contribution in [3.05, 3.63) is 35.9 Å². The summed E-state index contributed by atoms with van der Waals surface area (Å²) in [6, 6.07) is 10.3. The van der Waals surface area contributed by atoms with Crippen LogP contribution in [0, 0.1) is 6.92 Å². The van der Waals surface area contributed by atoms with Crippen LogP contribution in [0.5, 0.6) is 0 Å². The predicted molar refractivity (Wildman–Crippen MR) is 86.7 cm³/mol. The smallest absolute Gasteiger partial charge is 0.0805 e. The zero-order chi connectivity index (χ0) is 15.2. The summed E-state index contributed by atoms with van der Waals surface area (Å²) in [4.78, 5) is 0. The molecule has 0 bridgehead atoms. The van der Waals surface area contributed by atoms with Crippen molar-refractivity contribution in [1.82, 2.24) is 15.8 Å². The highest BCUT2D eigenvalue weighted by Gasteiger charge is 2.08. The molecule has 0 unspecified atom stereocenters. The van der Waals surface area contributed by atoms with Crippen LogP contribution in [0.2, 0.25) is 0 Å². The lowest BCUT2D eigenvalue weighted by molar-refractivity contribution is 0.0880. The molecule has 1 atom stereocenters. The van der Waals surface area contributed by atoms with E-state index in [9.17, 15) is 5.11 Å². The van der Waals surface area contributed by atoms with Gasteiger partial charge in [-0.15, -0.1) is 0 Å². The number of likely N-dealkylation sites (N-methyl/N-ethyl adjacent to an activating group) is 1. The molecule has 0 heterocycles. The van der Waals surface area contributed by atoms with E-state index >= 15 is 0 Å². The third kappa shape index (κ3) is 10.9. The SMILES string of the molecule is CCCCN(C[C@H](O)CNC)NC.Cc1ccccc1. The predicted octanol–water partition coefficient (Wildman–Crippen LogP) is 1.80. The lowest BCUT2D eigenvalue weighted by atomic mass is 10.2. The Bertz CT molecular complexity index is 306. The summed E-state index contributed by atoms with van der Waals surface area (Å²) < 4.78 is 0. The molecule has 0 amide bonds. The number of hydrogen-bond donors (Lipinski definition) is 3. The Labute approximate surface area is 124 Å². The van der Waals surface area contributed by atoms with Crippen molar-refractivity contribution in [3.63, 3.8) is 0 Å². The first kappa shape index (κ1) is 19.1. The van der Waals surface area contributed by atoms with E-state index in [0.717, 1.165) is 13.0 Å². The van der Waals surface area contributed by atoms with E-state index in [4.69, 9.17) is 0 Å². The molecule has 0 saturated carbocycles. The van der Waals surface area contributed by atoms with Gasteiger partial charge in [0.05, 0.1) is 6.10 Å². The van der Waals surface area contributed by atoms with Crippen molar-refractivity contribution < 1.29 is 5.11 Å². The summed E-state index contributed by atoms with van der Waals surface area (Å²) in [6.45, 7) is 6.56. The number of hydrazine groups is 1. The maximum atomic E-state index is 9.51. The molecular formula is C16H31N3O. The van der Waals surface area contributed by atoms with Gasteiger partial charge in [0.2, 0.25) is 0 Å². The van der Waals surface area contributed by atoms with E-state index in [1.54, 1.807) is 0 Å². The van der Waals surface area contributed by atoms with Gasteiger partial charge in [0.1, 0.15) is 0 Å². The Morgan fingerprint density at radius 3 is 2.25 bits per heavy atom. The van der Waals surface area contributed by atoms with Gasteiger partial charge < -0.3 is 10.4 Å². The zero-order valence-electron chi connectivity index (χ0n) is 13.4. The molecule has 1 aromatic carbocycles. The van der Waals surface area contributed by atoms with Crippen LogP contribution < -0.4 is 10.7 Å². The van der Waals surface area contributed by atoms with Crippen LogP contribution in [0.1, 0.15) is 25.3 Å². The summed E-state index contributed by atoms with van der Waals surface area (Å²) in [6.07, 6.45) is 2.04. The summed E-state index contributed by atoms with van der Waals surface area (Å²) in [7, 11) is 3.74. The fourth-order valence-corrected chi connectivity index (χ4v) is 1.73. The number of nitrogens with zero attached hydrogens (tertiary/aromatic N) is 1. The van der Waals surface area contributed by atoms with Crippen molar-refractivity contribution in [3.8, 4) is 0 Å².